The van der Waals surface area contributed by atoms with Gasteiger partial charge in [0.1, 0.15) is 23.2 Å². The van der Waals surface area contributed by atoms with Crippen LogP contribution >= 0.6 is 0 Å². The molecule has 13 heteroatoms. The number of allylic oxidation sites excluding steroid dienone is 1. The van der Waals surface area contributed by atoms with E-state index in [1.54, 1.807) is 20.8 Å². The van der Waals surface area contributed by atoms with E-state index in [2.05, 4.69) is 26.0 Å². The number of carboxylic acids is 1. The molecule has 3 heterocycles. The summed E-state index contributed by atoms with van der Waals surface area (Å²) in [6.07, 6.45) is 7.48. The minimum absolute atomic E-state index is 0.0912. The fraction of sp³-hybridized carbons (Fsp3) is 0.581. The highest BCUT2D eigenvalue weighted by Crippen LogP contribution is 2.45. The number of amides is 3. The summed E-state index contributed by atoms with van der Waals surface area (Å²) in [5.41, 5.74) is -1.16. The van der Waals surface area contributed by atoms with Crippen LogP contribution in [0.1, 0.15) is 83.1 Å². The molecular weight excluding hydrogens is 566 g/mol. The summed E-state index contributed by atoms with van der Waals surface area (Å²) in [7, 11) is 0. The second kappa shape index (κ2) is 12.7. The van der Waals surface area contributed by atoms with E-state index in [1.165, 1.54) is 9.70 Å². The number of tetrazole rings is 1. The minimum atomic E-state index is -1.41. The van der Waals surface area contributed by atoms with Crippen LogP contribution in [0.25, 0.3) is 0 Å². The van der Waals surface area contributed by atoms with E-state index in [9.17, 15) is 24.3 Å². The van der Waals surface area contributed by atoms with Gasteiger partial charge in [0.05, 0.1) is 6.04 Å². The van der Waals surface area contributed by atoms with Crippen molar-refractivity contribution in [3.05, 3.63) is 53.9 Å². The molecule has 3 aliphatic rings. The van der Waals surface area contributed by atoms with Crippen LogP contribution in [0.4, 0.5) is 4.79 Å². The van der Waals surface area contributed by atoms with Crippen LogP contribution in [0, 0.1) is 5.92 Å². The highest BCUT2D eigenvalue weighted by atomic mass is 16.6. The number of nitrogens with zero attached hydrogens (tertiary/aromatic N) is 5. The number of rotatable bonds is 5. The molecule has 2 fully saturated rings. The lowest BCUT2D eigenvalue weighted by Gasteiger charge is -2.30. The van der Waals surface area contributed by atoms with Crippen molar-refractivity contribution in [3.8, 4) is 0 Å². The largest absolute Gasteiger partial charge is 0.479 e. The Hall–Kier alpha value is -4.29. The molecule has 0 unspecified atom stereocenters. The molecule has 13 nitrogen and oxygen atoms in total. The summed E-state index contributed by atoms with van der Waals surface area (Å²) in [6, 6.07) is 7.30. The number of carbonyl (C=O) groups excluding carboxylic acids is 3. The van der Waals surface area contributed by atoms with Gasteiger partial charge in [-0.1, -0.05) is 55.3 Å². The molecule has 1 aliphatic carbocycles. The second-order valence-electron chi connectivity index (χ2n) is 12.9. The molecule has 1 aromatic carbocycles. The normalized spacial score (nSPS) is 28.5. The molecule has 5 rings (SSSR count). The van der Waals surface area contributed by atoms with Gasteiger partial charge < -0.3 is 25.4 Å². The van der Waals surface area contributed by atoms with Crippen LogP contribution < -0.4 is 10.6 Å². The molecule has 3 N–H and O–H groups in total. The first-order valence-corrected chi connectivity index (χ1v) is 15.3. The molecule has 236 valence electrons. The third-order valence-corrected chi connectivity index (χ3v) is 8.33. The Labute approximate surface area is 256 Å². The molecule has 2 aliphatic heterocycles. The number of carboxylic acid groups (broad SMARTS) is 1. The number of alkyl carbamates (subject to hydrolysis) is 1. The first-order valence-electron chi connectivity index (χ1n) is 15.3. The van der Waals surface area contributed by atoms with Crippen LogP contribution in [-0.2, 0) is 25.5 Å². The van der Waals surface area contributed by atoms with Crippen LogP contribution in [0.2, 0.25) is 0 Å². The first-order chi connectivity index (χ1) is 20.9. The maximum atomic E-state index is 14.1. The number of hydrogen-bond acceptors (Lipinski definition) is 8. The van der Waals surface area contributed by atoms with E-state index in [0.29, 0.717) is 25.1 Å². The average molecular weight is 608 g/mol. The van der Waals surface area contributed by atoms with Crippen molar-refractivity contribution >= 4 is 23.9 Å². The van der Waals surface area contributed by atoms with Crippen LogP contribution in [0.5, 0.6) is 0 Å². The number of ether oxygens (including phenoxy) is 1. The highest BCUT2D eigenvalue weighted by molar-refractivity contribution is 5.96. The third-order valence-electron chi connectivity index (χ3n) is 8.33. The van der Waals surface area contributed by atoms with E-state index in [-0.39, 0.29) is 25.3 Å². The number of benzene rings is 1. The van der Waals surface area contributed by atoms with Gasteiger partial charge in [0, 0.05) is 25.3 Å². The lowest BCUT2D eigenvalue weighted by atomic mass is 10.0. The van der Waals surface area contributed by atoms with Gasteiger partial charge in [0.2, 0.25) is 11.8 Å². The average Bonchev–Trinajstić information content (AvgIpc) is 3.27. The zero-order chi connectivity index (χ0) is 31.5. The van der Waals surface area contributed by atoms with Crippen molar-refractivity contribution in [1.29, 1.82) is 0 Å². The van der Waals surface area contributed by atoms with Crippen LogP contribution in [-0.4, -0.2) is 83.9 Å². The van der Waals surface area contributed by atoms with Crippen molar-refractivity contribution in [2.24, 2.45) is 5.92 Å². The molecule has 44 heavy (non-hydrogen) atoms. The van der Waals surface area contributed by atoms with Gasteiger partial charge in [0.25, 0.3) is 0 Å². The Morgan fingerprint density at radius 1 is 1.16 bits per heavy atom. The van der Waals surface area contributed by atoms with Gasteiger partial charge in [-0.3, -0.25) is 9.59 Å². The number of nitrogens with one attached hydrogen (secondary N) is 2. The molecule has 1 saturated heterocycles. The fourth-order valence-corrected chi connectivity index (χ4v) is 5.95. The van der Waals surface area contributed by atoms with Crippen molar-refractivity contribution < 1.29 is 29.0 Å². The molecule has 0 bridgehead atoms. The number of aromatic nitrogens is 4. The zero-order valence-corrected chi connectivity index (χ0v) is 25.4. The summed E-state index contributed by atoms with van der Waals surface area (Å²) in [6.45, 7) is 5.31. The molecule has 0 spiro atoms. The SMILES string of the molecule is CC(C)(C)OC(=O)N[C@@H]1CCCCC/C=C\[C@@H]2C[C@]2(C(=O)O)NC(=O)[C@@H]2C[C@H](n3nnc(Cc4ccccc4)n3)CN2C1=O. The smallest absolute Gasteiger partial charge is 0.408 e. The summed E-state index contributed by atoms with van der Waals surface area (Å²) < 4.78 is 5.44. The standard InChI is InChI=1S/C31H41N7O6/c1-30(2,3)44-29(43)32-23-15-11-6-4-5-10-14-21-18-31(21,28(41)42)33-26(39)24-17-22(19-37(24)27(23)40)38-35-25(34-36-38)16-20-12-8-7-9-13-20/h7-10,12-14,21-24H,4-6,11,15-19H2,1-3H3,(H,32,43)(H,33,39)(H,41,42)/b14-10-/t21-,22+,23-,24+,31+/m1/s1. The van der Waals surface area contributed by atoms with E-state index in [0.717, 1.165) is 24.8 Å². The Kier molecular flexibility index (Phi) is 9.02. The number of aliphatic carboxylic acids is 1. The second-order valence-corrected chi connectivity index (χ2v) is 12.9. The predicted molar refractivity (Wildman–Crippen MR) is 158 cm³/mol. The lowest BCUT2D eigenvalue weighted by Crippen LogP contribution is -2.56. The number of fused-ring (bicyclic) bond motifs is 2. The minimum Gasteiger partial charge on any atom is -0.479 e. The monoisotopic (exact) mass is 607 g/mol. The predicted octanol–water partition coefficient (Wildman–Crippen LogP) is 2.78. The summed E-state index contributed by atoms with van der Waals surface area (Å²) >= 11 is 0. The molecule has 1 saturated carbocycles. The molecule has 3 amide bonds. The van der Waals surface area contributed by atoms with E-state index in [1.807, 2.05) is 42.5 Å². The molecular formula is C31H41N7O6. The number of hydrogen-bond donors (Lipinski definition) is 3. The first kappa shape index (κ1) is 31.1. The summed E-state index contributed by atoms with van der Waals surface area (Å²) in [5, 5.41) is 28.5. The third kappa shape index (κ3) is 7.25. The van der Waals surface area contributed by atoms with E-state index in [4.69, 9.17) is 4.74 Å². The van der Waals surface area contributed by atoms with Crippen molar-refractivity contribution in [1.82, 2.24) is 35.7 Å². The Morgan fingerprint density at radius 2 is 1.93 bits per heavy atom. The maximum Gasteiger partial charge on any atom is 0.408 e. The van der Waals surface area contributed by atoms with Crippen LogP contribution in [0.15, 0.2) is 42.5 Å². The molecule has 5 atom stereocenters. The van der Waals surface area contributed by atoms with Gasteiger partial charge in [-0.25, -0.2) is 9.59 Å². The van der Waals surface area contributed by atoms with Gasteiger partial charge in [0.15, 0.2) is 5.82 Å². The molecule has 1 aromatic heterocycles. The Balaban J connectivity index is 1.41. The van der Waals surface area contributed by atoms with Crippen LogP contribution in [0.3, 0.4) is 0 Å². The van der Waals surface area contributed by atoms with E-state index < -0.39 is 53.1 Å². The molecule has 2 aromatic rings. The highest BCUT2D eigenvalue weighted by Gasteiger charge is 2.61. The summed E-state index contributed by atoms with van der Waals surface area (Å²) in [5.74, 6) is -1.93. The van der Waals surface area contributed by atoms with Gasteiger partial charge in [-0.15, -0.1) is 10.2 Å². The van der Waals surface area contributed by atoms with Crippen molar-refractivity contribution in [2.45, 2.75) is 101 Å². The van der Waals surface area contributed by atoms with E-state index >= 15 is 0 Å². The number of carbonyl (C=O) groups is 4. The Morgan fingerprint density at radius 3 is 2.66 bits per heavy atom. The van der Waals surface area contributed by atoms with Gasteiger partial charge >= 0.3 is 12.1 Å². The van der Waals surface area contributed by atoms with Gasteiger partial charge in [-0.2, -0.15) is 4.80 Å². The zero-order valence-electron chi connectivity index (χ0n) is 25.4. The summed E-state index contributed by atoms with van der Waals surface area (Å²) in [4.78, 5) is 55.8. The fourth-order valence-electron chi connectivity index (χ4n) is 5.95. The van der Waals surface area contributed by atoms with Crippen molar-refractivity contribution in [2.75, 3.05) is 6.54 Å². The quantitative estimate of drug-likeness (QED) is 0.433. The van der Waals surface area contributed by atoms with Gasteiger partial charge in [-0.05, 0) is 57.2 Å². The lowest BCUT2D eigenvalue weighted by molar-refractivity contribution is -0.145. The Bertz CT molecular complexity index is 1400. The molecule has 0 radical (unpaired) electrons. The topological polar surface area (TPSA) is 169 Å². The maximum absolute atomic E-state index is 14.1. The van der Waals surface area contributed by atoms with Crippen molar-refractivity contribution in [3.63, 3.8) is 0 Å².